The van der Waals surface area contributed by atoms with E-state index in [2.05, 4.69) is 82.1 Å². The van der Waals surface area contributed by atoms with Gasteiger partial charge in [-0.25, -0.2) is 0 Å². The van der Waals surface area contributed by atoms with Crippen molar-refractivity contribution in [3.8, 4) is 0 Å². The van der Waals surface area contributed by atoms with Crippen LogP contribution in [0.2, 0.25) is 0 Å². The quantitative estimate of drug-likeness (QED) is 0.774. The molecule has 0 saturated carbocycles. The van der Waals surface area contributed by atoms with Gasteiger partial charge in [0.2, 0.25) is 0 Å². The van der Waals surface area contributed by atoms with Crippen LogP contribution in [-0.2, 0) is 6.54 Å². The van der Waals surface area contributed by atoms with Gasteiger partial charge in [0, 0.05) is 25.2 Å². The fraction of sp³-hybridized carbons (Fsp3) is 0.667. The molecule has 0 aliphatic rings. The molecule has 1 atom stereocenters. The summed E-state index contributed by atoms with van der Waals surface area (Å²) in [5.41, 5.74) is 1.66. The van der Waals surface area contributed by atoms with Gasteiger partial charge in [0.05, 0.1) is 0 Å². The van der Waals surface area contributed by atoms with Crippen molar-refractivity contribution in [2.24, 2.45) is 5.41 Å². The molecule has 0 aliphatic heterocycles. The molecule has 1 N–H and O–H groups in total. The minimum Gasteiger partial charge on any atom is -0.314 e. The van der Waals surface area contributed by atoms with Gasteiger partial charge in [-0.15, -0.1) is 0 Å². The number of rotatable bonds is 8. The SMILES string of the molecule is CCNC(C)C(C)(C)CN(Cc1ccccc1)C(C)C. The van der Waals surface area contributed by atoms with Gasteiger partial charge in [-0.1, -0.05) is 51.1 Å². The summed E-state index contributed by atoms with van der Waals surface area (Å²) >= 11 is 0. The smallest absolute Gasteiger partial charge is 0.0236 e. The van der Waals surface area contributed by atoms with Crippen molar-refractivity contribution in [1.29, 1.82) is 0 Å². The third-order valence-electron chi connectivity index (χ3n) is 4.25. The Labute approximate surface area is 125 Å². The zero-order valence-electron chi connectivity index (χ0n) is 14.1. The maximum Gasteiger partial charge on any atom is 0.0236 e. The molecule has 0 radical (unpaired) electrons. The third kappa shape index (κ3) is 5.26. The average molecular weight is 276 g/mol. The van der Waals surface area contributed by atoms with Crippen molar-refractivity contribution in [2.45, 2.75) is 60.2 Å². The Hall–Kier alpha value is -0.860. The van der Waals surface area contributed by atoms with Crippen LogP contribution in [-0.4, -0.2) is 30.1 Å². The van der Waals surface area contributed by atoms with Crippen LogP contribution >= 0.6 is 0 Å². The van der Waals surface area contributed by atoms with Crippen LogP contribution < -0.4 is 5.32 Å². The van der Waals surface area contributed by atoms with Crippen molar-refractivity contribution in [2.75, 3.05) is 13.1 Å². The standard InChI is InChI=1S/C18H32N2/c1-7-19-16(4)18(5,6)14-20(15(2)3)13-17-11-9-8-10-12-17/h8-12,15-16,19H,7,13-14H2,1-6H3. The number of nitrogens with zero attached hydrogens (tertiary/aromatic N) is 1. The summed E-state index contributed by atoms with van der Waals surface area (Å²) < 4.78 is 0. The predicted octanol–water partition coefficient (Wildman–Crippen LogP) is 3.92. The number of hydrogen-bond acceptors (Lipinski definition) is 2. The Balaban J connectivity index is 2.72. The first-order chi connectivity index (χ1) is 9.36. The number of nitrogens with one attached hydrogen (secondary N) is 1. The molecule has 1 aromatic carbocycles. The van der Waals surface area contributed by atoms with Crippen molar-refractivity contribution in [3.05, 3.63) is 35.9 Å². The minimum absolute atomic E-state index is 0.259. The normalized spacial score (nSPS) is 14.0. The van der Waals surface area contributed by atoms with Crippen LogP contribution in [0, 0.1) is 5.41 Å². The Kier molecular flexibility index (Phi) is 6.70. The lowest BCUT2D eigenvalue weighted by Crippen LogP contribution is -2.48. The largest absolute Gasteiger partial charge is 0.314 e. The first kappa shape index (κ1) is 17.2. The van der Waals surface area contributed by atoms with Crippen LogP contribution in [0.3, 0.4) is 0 Å². The molecule has 2 heteroatoms. The summed E-state index contributed by atoms with van der Waals surface area (Å²) in [5, 5.41) is 3.57. The van der Waals surface area contributed by atoms with Crippen LogP contribution in [0.5, 0.6) is 0 Å². The molecule has 0 fully saturated rings. The van der Waals surface area contributed by atoms with Crippen LogP contribution in [0.15, 0.2) is 30.3 Å². The highest BCUT2D eigenvalue weighted by Crippen LogP contribution is 2.24. The van der Waals surface area contributed by atoms with E-state index in [1.54, 1.807) is 0 Å². The lowest BCUT2D eigenvalue weighted by atomic mass is 9.84. The molecule has 0 amide bonds. The Morgan fingerprint density at radius 3 is 2.20 bits per heavy atom. The molecule has 0 heterocycles. The van der Waals surface area contributed by atoms with E-state index in [1.807, 2.05) is 0 Å². The molecule has 2 nitrogen and oxygen atoms in total. The van der Waals surface area contributed by atoms with E-state index in [1.165, 1.54) is 5.56 Å². The zero-order valence-corrected chi connectivity index (χ0v) is 14.1. The summed E-state index contributed by atoms with van der Waals surface area (Å²) in [7, 11) is 0. The summed E-state index contributed by atoms with van der Waals surface area (Å²) in [6.07, 6.45) is 0. The highest BCUT2D eigenvalue weighted by atomic mass is 15.2. The van der Waals surface area contributed by atoms with E-state index in [0.717, 1.165) is 19.6 Å². The van der Waals surface area contributed by atoms with E-state index in [4.69, 9.17) is 0 Å². The minimum atomic E-state index is 0.259. The highest BCUT2D eigenvalue weighted by molar-refractivity contribution is 5.14. The second-order valence-corrected chi connectivity index (χ2v) is 6.75. The molecule has 0 saturated heterocycles. The zero-order chi connectivity index (χ0) is 15.2. The molecule has 1 rings (SSSR count). The molecular formula is C18H32N2. The van der Waals surface area contributed by atoms with Gasteiger partial charge in [-0.2, -0.15) is 0 Å². The first-order valence-electron chi connectivity index (χ1n) is 7.88. The van der Waals surface area contributed by atoms with Crippen LogP contribution in [0.1, 0.15) is 47.1 Å². The predicted molar refractivity (Wildman–Crippen MR) is 88.9 cm³/mol. The maximum absolute atomic E-state index is 3.57. The fourth-order valence-electron chi connectivity index (χ4n) is 2.48. The van der Waals surface area contributed by atoms with E-state index < -0.39 is 0 Å². The average Bonchev–Trinajstić information content (AvgIpc) is 2.39. The van der Waals surface area contributed by atoms with E-state index in [9.17, 15) is 0 Å². The van der Waals surface area contributed by atoms with Gasteiger partial charge in [0.25, 0.3) is 0 Å². The van der Waals surface area contributed by atoms with Gasteiger partial charge in [-0.05, 0) is 38.3 Å². The number of hydrogen-bond donors (Lipinski definition) is 1. The monoisotopic (exact) mass is 276 g/mol. The molecular weight excluding hydrogens is 244 g/mol. The molecule has 0 aliphatic carbocycles. The number of benzene rings is 1. The van der Waals surface area contributed by atoms with Crippen molar-refractivity contribution >= 4 is 0 Å². The third-order valence-corrected chi connectivity index (χ3v) is 4.25. The first-order valence-corrected chi connectivity index (χ1v) is 7.88. The summed E-state index contributed by atoms with van der Waals surface area (Å²) in [4.78, 5) is 2.57. The van der Waals surface area contributed by atoms with Gasteiger partial charge < -0.3 is 5.32 Å². The summed E-state index contributed by atoms with van der Waals surface area (Å²) in [5.74, 6) is 0. The van der Waals surface area contributed by atoms with Crippen LogP contribution in [0.25, 0.3) is 0 Å². The molecule has 20 heavy (non-hydrogen) atoms. The van der Waals surface area contributed by atoms with Crippen molar-refractivity contribution < 1.29 is 0 Å². The second kappa shape index (κ2) is 7.80. The van der Waals surface area contributed by atoms with Gasteiger partial charge >= 0.3 is 0 Å². The topological polar surface area (TPSA) is 15.3 Å². The lowest BCUT2D eigenvalue weighted by molar-refractivity contribution is 0.111. The Morgan fingerprint density at radius 2 is 1.70 bits per heavy atom. The fourth-order valence-corrected chi connectivity index (χ4v) is 2.48. The van der Waals surface area contributed by atoms with Gasteiger partial charge in [-0.3, -0.25) is 4.90 Å². The van der Waals surface area contributed by atoms with Crippen molar-refractivity contribution in [3.63, 3.8) is 0 Å². The molecule has 1 unspecified atom stereocenters. The van der Waals surface area contributed by atoms with E-state index >= 15 is 0 Å². The van der Waals surface area contributed by atoms with Crippen molar-refractivity contribution in [1.82, 2.24) is 10.2 Å². The van der Waals surface area contributed by atoms with Gasteiger partial charge in [0.15, 0.2) is 0 Å². The molecule has 0 bridgehead atoms. The molecule has 114 valence electrons. The second-order valence-electron chi connectivity index (χ2n) is 6.75. The molecule has 1 aromatic rings. The van der Waals surface area contributed by atoms with Gasteiger partial charge in [0.1, 0.15) is 0 Å². The van der Waals surface area contributed by atoms with E-state index in [0.29, 0.717) is 12.1 Å². The highest BCUT2D eigenvalue weighted by Gasteiger charge is 2.28. The van der Waals surface area contributed by atoms with Crippen LogP contribution in [0.4, 0.5) is 0 Å². The summed E-state index contributed by atoms with van der Waals surface area (Å²) in [6, 6.07) is 11.8. The van der Waals surface area contributed by atoms with E-state index in [-0.39, 0.29) is 5.41 Å². The maximum atomic E-state index is 3.57. The molecule has 0 spiro atoms. The lowest BCUT2D eigenvalue weighted by Gasteiger charge is -2.39. The summed E-state index contributed by atoms with van der Waals surface area (Å²) in [6.45, 7) is 16.9. The Bertz CT molecular complexity index is 370. The Morgan fingerprint density at radius 1 is 1.10 bits per heavy atom. The molecule has 0 aromatic heterocycles.